The first kappa shape index (κ1) is 19.9. The van der Waals surface area contributed by atoms with Crippen LogP contribution in [0.3, 0.4) is 0 Å². The number of hydrogen-bond donors (Lipinski definition) is 1. The lowest BCUT2D eigenvalue weighted by molar-refractivity contribution is -0.541. The average Bonchev–Trinajstić information content (AvgIpc) is 2.76. The fraction of sp³-hybridized carbons (Fsp3) is 0.444. The summed E-state index contributed by atoms with van der Waals surface area (Å²) in [6.07, 6.45) is 14.5. The highest BCUT2D eigenvalue weighted by atomic mass is 16.3. The molecule has 0 amide bonds. The molecular weight excluding hydrogens is 354 g/mol. The third kappa shape index (κ3) is 4.17. The molecule has 2 heteroatoms. The molecule has 0 aromatic heterocycles. The average molecular weight is 389 g/mol. The minimum Gasteiger partial charge on any atom is -0.508 e. The largest absolute Gasteiger partial charge is 0.508 e. The second-order valence-corrected chi connectivity index (χ2v) is 8.78. The van der Waals surface area contributed by atoms with E-state index in [9.17, 15) is 5.11 Å². The molecule has 1 N–H and O–H groups in total. The Morgan fingerprint density at radius 3 is 2.76 bits per heavy atom. The number of phenols is 1. The Labute approximate surface area is 175 Å². The first-order valence-corrected chi connectivity index (χ1v) is 11.3. The summed E-state index contributed by atoms with van der Waals surface area (Å²) in [5, 5.41) is 10.2. The van der Waals surface area contributed by atoms with Gasteiger partial charge in [0.2, 0.25) is 0 Å². The molecule has 2 aromatic carbocycles. The molecule has 152 valence electrons. The summed E-state index contributed by atoms with van der Waals surface area (Å²) < 4.78 is 2.58. The molecule has 1 aliphatic heterocycles. The molecule has 1 aliphatic carbocycles. The van der Waals surface area contributed by atoms with Gasteiger partial charge in [-0.15, -0.1) is 0 Å². The van der Waals surface area contributed by atoms with E-state index in [2.05, 4.69) is 66.3 Å². The van der Waals surface area contributed by atoms with Crippen molar-refractivity contribution in [1.82, 2.24) is 0 Å². The van der Waals surface area contributed by atoms with Crippen LogP contribution >= 0.6 is 0 Å². The molecular formula is C27H34NO+. The third-order valence-electron chi connectivity index (χ3n) is 7.04. The van der Waals surface area contributed by atoms with E-state index in [0.29, 0.717) is 17.6 Å². The monoisotopic (exact) mass is 388 g/mol. The molecule has 0 spiro atoms. The molecule has 2 nitrogen and oxygen atoms in total. The van der Waals surface area contributed by atoms with Crippen molar-refractivity contribution in [3.63, 3.8) is 0 Å². The number of hydrogen-bond acceptors (Lipinski definition) is 1. The van der Waals surface area contributed by atoms with Crippen LogP contribution in [0.4, 0.5) is 0 Å². The van der Waals surface area contributed by atoms with Gasteiger partial charge in [0.25, 0.3) is 0 Å². The van der Waals surface area contributed by atoms with Gasteiger partial charge >= 0.3 is 0 Å². The molecule has 0 bridgehead atoms. The van der Waals surface area contributed by atoms with Crippen LogP contribution in [-0.4, -0.2) is 29.0 Å². The Hall–Kier alpha value is -2.35. The third-order valence-corrected chi connectivity index (χ3v) is 7.04. The second-order valence-electron chi connectivity index (χ2n) is 8.78. The predicted molar refractivity (Wildman–Crippen MR) is 121 cm³/mol. The fourth-order valence-electron chi connectivity index (χ4n) is 5.62. The van der Waals surface area contributed by atoms with E-state index >= 15 is 0 Å². The predicted octanol–water partition coefficient (Wildman–Crippen LogP) is 5.74. The molecule has 1 saturated carbocycles. The Morgan fingerprint density at radius 1 is 1.10 bits per heavy atom. The maximum absolute atomic E-state index is 10.2. The van der Waals surface area contributed by atoms with Crippen LogP contribution in [0.5, 0.6) is 5.75 Å². The summed E-state index contributed by atoms with van der Waals surface area (Å²) in [5.74, 6) is 1.41. The van der Waals surface area contributed by atoms with E-state index in [-0.39, 0.29) is 5.41 Å². The van der Waals surface area contributed by atoms with E-state index in [4.69, 9.17) is 0 Å². The lowest BCUT2D eigenvalue weighted by Crippen LogP contribution is -2.52. The highest BCUT2D eigenvalue weighted by molar-refractivity contribution is 5.64. The Kier molecular flexibility index (Phi) is 6.18. The molecule has 2 aromatic rings. The van der Waals surface area contributed by atoms with Crippen LogP contribution < -0.4 is 0 Å². The Morgan fingerprint density at radius 2 is 1.97 bits per heavy atom. The summed E-state index contributed by atoms with van der Waals surface area (Å²) >= 11 is 0. The van der Waals surface area contributed by atoms with Gasteiger partial charge in [-0.25, -0.2) is 4.58 Å². The number of fused-ring (bicyclic) bond motifs is 1. The van der Waals surface area contributed by atoms with Crippen molar-refractivity contribution >= 4 is 6.21 Å². The number of phenolic OH excluding ortho intramolecular Hbond substituents is 1. The molecule has 3 atom stereocenters. The minimum atomic E-state index is 0.117. The molecule has 2 unspecified atom stereocenters. The molecule has 2 aliphatic rings. The smallest absolute Gasteiger partial charge is 0.147 e. The standard InChI is InChI=1S/C27H33NO/c1-2-3-12-24-20-28(18-16-22-10-5-4-6-11-22)21-25-13-7-8-17-27(24,25)23-14-9-15-26(29)19-23/h3-6,9-12,14-15,19-20,24-25H,2,7-8,13,16-18,21H2,1H3/p+1/b12-3-/t24-,25?,27?/m1/s1. The number of rotatable bonds is 6. The topological polar surface area (TPSA) is 23.2 Å². The fourth-order valence-corrected chi connectivity index (χ4v) is 5.62. The Bertz CT molecular complexity index is 869. The first-order valence-electron chi connectivity index (χ1n) is 11.3. The summed E-state index contributed by atoms with van der Waals surface area (Å²) in [7, 11) is 0. The van der Waals surface area contributed by atoms with Crippen molar-refractivity contribution in [2.75, 3.05) is 13.1 Å². The van der Waals surface area contributed by atoms with Crippen molar-refractivity contribution in [3.05, 3.63) is 77.9 Å². The summed E-state index contributed by atoms with van der Waals surface area (Å²) in [4.78, 5) is 0. The highest BCUT2D eigenvalue weighted by Gasteiger charge is 2.51. The van der Waals surface area contributed by atoms with E-state index in [1.807, 2.05) is 12.1 Å². The van der Waals surface area contributed by atoms with Crippen LogP contribution in [0, 0.1) is 11.8 Å². The van der Waals surface area contributed by atoms with E-state index < -0.39 is 0 Å². The van der Waals surface area contributed by atoms with Gasteiger partial charge < -0.3 is 5.11 Å². The van der Waals surface area contributed by atoms with Gasteiger partial charge in [-0.05, 0) is 42.5 Å². The first-order chi connectivity index (χ1) is 14.2. The van der Waals surface area contributed by atoms with Gasteiger partial charge in [-0.1, -0.05) is 74.4 Å². The molecule has 4 rings (SSSR count). The van der Waals surface area contributed by atoms with Crippen LogP contribution in [0.25, 0.3) is 0 Å². The van der Waals surface area contributed by atoms with Crippen LogP contribution in [-0.2, 0) is 11.8 Å². The van der Waals surface area contributed by atoms with Gasteiger partial charge in [0.1, 0.15) is 25.1 Å². The van der Waals surface area contributed by atoms with Crippen molar-refractivity contribution < 1.29 is 9.68 Å². The Balaban J connectivity index is 1.69. The van der Waals surface area contributed by atoms with Crippen molar-refractivity contribution in [2.24, 2.45) is 11.8 Å². The molecule has 0 saturated heterocycles. The SMILES string of the molecule is CC/C=C\[C@@H]1C=[N+](CCc2ccccc2)CC2CCCCC21c1cccc(O)c1. The molecule has 29 heavy (non-hydrogen) atoms. The van der Waals surface area contributed by atoms with E-state index in [1.54, 1.807) is 6.07 Å². The number of allylic oxidation sites excluding steroid dienone is 2. The van der Waals surface area contributed by atoms with Crippen LogP contribution in [0.2, 0.25) is 0 Å². The van der Waals surface area contributed by atoms with Crippen molar-refractivity contribution in [1.29, 1.82) is 0 Å². The zero-order chi connectivity index (χ0) is 20.1. The van der Waals surface area contributed by atoms with Gasteiger partial charge in [-0.2, -0.15) is 0 Å². The van der Waals surface area contributed by atoms with Crippen molar-refractivity contribution in [2.45, 2.75) is 50.9 Å². The zero-order valence-corrected chi connectivity index (χ0v) is 17.6. The lowest BCUT2D eigenvalue weighted by atomic mass is 9.55. The summed E-state index contributed by atoms with van der Waals surface area (Å²) in [6, 6.07) is 18.9. The number of nitrogens with zero attached hydrogens (tertiary/aromatic N) is 1. The summed E-state index contributed by atoms with van der Waals surface area (Å²) in [5.41, 5.74) is 2.85. The molecule has 1 heterocycles. The maximum Gasteiger partial charge on any atom is 0.147 e. The molecule has 0 radical (unpaired) electrons. The minimum absolute atomic E-state index is 0.117. The quantitative estimate of drug-likeness (QED) is 0.495. The van der Waals surface area contributed by atoms with Gasteiger partial charge in [0.15, 0.2) is 0 Å². The summed E-state index contributed by atoms with van der Waals surface area (Å²) in [6.45, 7) is 4.41. The maximum atomic E-state index is 10.2. The molecule has 1 fully saturated rings. The highest BCUT2D eigenvalue weighted by Crippen LogP contribution is 2.51. The van der Waals surface area contributed by atoms with E-state index in [1.165, 1.54) is 36.8 Å². The normalized spacial score (nSPS) is 26.9. The van der Waals surface area contributed by atoms with Gasteiger partial charge in [0, 0.05) is 17.8 Å². The van der Waals surface area contributed by atoms with Gasteiger partial charge in [-0.3, -0.25) is 0 Å². The van der Waals surface area contributed by atoms with E-state index in [0.717, 1.165) is 25.9 Å². The van der Waals surface area contributed by atoms with Crippen LogP contribution in [0.1, 0.15) is 50.2 Å². The second kappa shape index (κ2) is 8.98. The zero-order valence-electron chi connectivity index (χ0n) is 17.6. The van der Waals surface area contributed by atoms with Gasteiger partial charge in [0.05, 0.1) is 5.92 Å². The lowest BCUT2D eigenvalue weighted by Gasteiger charge is -2.48. The van der Waals surface area contributed by atoms with Crippen molar-refractivity contribution in [3.8, 4) is 5.75 Å². The number of benzene rings is 2. The number of aromatic hydroxyl groups is 1. The van der Waals surface area contributed by atoms with Crippen LogP contribution in [0.15, 0.2) is 66.7 Å².